The van der Waals surface area contributed by atoms with Crippen molar-refractivity contribution < 1.29 is 9.53 Å². The fourth-order valence-corrected chi connectivity index (χ4v) is 2.67. The van der Waals surface area contributed by atoms with Gasteiger partial charge in [0.1, 0.15) is 17.8 Å². The number of benzene rings is 1. The summed E-state index contributed by atoms with van der Waals surface area (Å²) in [7, 11) is 0. The van der Waals surface area contributed by atoms with E-state index in [9.17, 15) is 4.79 Å². The number of hydrogen-bond acceptors (Lipinski definition) is 5. The monoisotopic (exact) mass is 312 g/mol. The second kappa shape index (κ2) is 6.75. The highest BCUT2D eigenvalue weighted by atomic mass is 16.5. The first kappa shape index (κ1) is 15.4. The van der Waals surface area contributed by atoms with Gasteiger partial charge in [0.25, 0.3) is 5.91 Å². The molecule has 1 N–H and O–H groups in total. The van der Waals surface area contributed by atoms with Gasteiger partial charge in [-0.15, -0.1) is 0 Å². The zero-order valence-electron chi connectivity index (χ0n) is 13.4. The summed E-state index contributed by atoms with van der Waals surface area (Å²) in [6.07, 6.45) is 1.42. The maximum Gasteiger partial charge on any atom is 0.272 e. The molecule has 0 bridgehead atoms. The van der Waals surface area contributed by atoms with Gasteiger partial charge in [-0.25, -0.2) is 9.97 Å². The topological polar surface area (TPSA) is 67.4 Å². The van der Waals surface area contributed by atoms with E-state index < -0.39 is 0 Å². The van der Waals surface area contributed by atoms with Crippen LogP contribution < -0.4 is 5.32 Å². The summed E-state index contributed by atoms with van der Waals surface area (Å²) in [5.74, 6) is 0.529. The van der Waals surface area contributed by atoms with Crippen LogP contribution in [0.2, 0.25) is 0 Å². The highest BCUT2D eigenvalue weighted by Crippen LogP contribution is 2.18. The number of aromatic nitrogens is 2. The van der Waals surface area contributed by atoms with Gasteiger partial charge < -0.3 is 15.0 Å². The molecule has 120 valence electrons. The number of anilines is 2. The van der Waals surface area contributed by atoms with Gasteiger partial charge in [-0.3, -0.25) is 4.79 Å². The molecule has 1 aromatic heterocycles. The summed E-state index contributed by atoms with van der Waals surface area (Å²) in [6, 6.07) is 7.88. The van der Waals surface area contributed by atoms with Crippen LogP contribution in [0.25, 0.3) is 0 Å². The van der Waals surface area contributed by atoms with Gasteiger partial charge in [-0.05, 0) is 37.1 Å². The van der Waals surface area contributed by atoms with Crippen molar-refractivity contribution in [1.29, 1.82) is 0 Å². The number of nitrogens with zero attached hydrogens (tertiary/aromatic N) is 3. The Bertz CT molecular complexity index is 691. The summed E-state index contributed by atoms with van der Waals surface area (Å²) in [5, 5.41) is 3.24. The lowest BCUT2D eigenvalue weighted by atomic mass is 10.1. The fourth-order valence-electron chi connectivity index (χ4n) is 2.67. The zero-order valence-corrected chi connectivity index (χ0v) is 13.4. The highest BCUT2D eigenvalue weighted by Gasteiger charge is 2.20. The lowest BCUT2D eigenvalue weighted by Crippen LogP contribution is -2.41. The minimum absolute atomic E-state index is 0.0841. The summed E-state index contributed by atoms with van der Waals surface area (Å²) < 4.78 is 5.27. The van der Waals surface area contributed by atoms with E-state index in [1.54, 1.807) is 11.0 Å². The molecule has 2 aromatic rings. The van der Waals surface area contributed by atoms with Gasteiger partial charge in [0.05, 0.1) is 13.2 Å². The van der Waals surface area contributed by atoms with Crippen LogP contribution in [0.5, 0.6) is 0 Å². The first-order chi connectivity index (χ1) is 11.1. The molecule has 1 aliphatic heterocycles. The van der Waals surface area contributed by atoms with Crippen LogP contribution in [0.3, 0.4) is 0 Å². The Morgan fingerprint density at radius 1 is 1.09 bits per heavy atom. The predicted octanol–water partition coefficient (Wildman–Crippen LogP) is 2.31. The molecule has 1 aromatic carbocycles. The molecular formula is C17H20N4O2. The quantitative estimate of drug-likeness (QED) is 0.942. The molecule has 0 spiro atoms. The molecule has 0 aliphatic carbocycles. The number of carbonyl (C=O) groups is 1. The van der Waals surface area contributed by atoms with Crippen LogP contribution in [0.4, 0.5) is 11.5 Å². The van der Waals surface area contributed by atoms with Gasteiger partial charge in [0, 0.05) is 24.8 Å². The third-order valence-electron chi connectivity index (χ3n) is 3.68. The standard InChI is InChI=1S/C17H20N4O2/c1-12-7-13(2)9-14(8-12)20-16-10-15(18-11-19-16)17(22)21-3-5-23-6-4-21/h7-11H,3-6H2,1-2H3,(H,18,19,20). The van der Waals surface area contributed by atoms with Crippen molar-refractivity contribution in [3.63, 3.8) is 0 Å². The summed E-state index contributed by atoms with van der Waals surface area (Å²) in [6.45, 7) is 6.44. The number of aryl methyl sites for hydroxylation is 2. The highest BCUT2D eigenvalue weighted by molar-refractivity contribution is 5.93. The number of morpholine rings is 1. The number of nitrogens with one attached hydrogen (secondary N) is 1. The van der Waals surface area contributed by atoms with E-state index in [0.717, 1.165) is 5.69 Å². The number of carbonyl (C=O) groups excluding carboxylic acids is 1. The first-order valence-corrected chi connectivity index (χ1v) is 7.66. The van der Waals surface area contributed by atoms with Gasteiger partial charge in [-0.1, -0.05) is 6.07 Å². The van der Waals surface area contributed by atoms with E-state index in [-0.39, 0.29) is 5.91 Å². The van der Waals surface area contributed by atoms with Crippen molar-refractivity contribution in [3.8, 4) is 0 Å². The van der Waals surface area contributed by atoms with Crippen LogP contribution >= 0.6 is 0 Å². The maximum atomic E-state index is 12.5. The molecule has 6 heteroatoms. The van der Waals surface area contributed by atoms with Crippen LogP contribution in [-0.4, -0.2) is 47.1 Å². The van der Waals surface area contributed by atoms with Crippen molar-refractivity contribution in [3.05, 3.63) is 47.4 Å². The van der Waals surface area contributed by atoms with Crippen LogP contribution in [0, 0.1) is 13.8 Å². The molecule has 0 atom stereocenters. The third-order valence-corrected chi connectivity index (χ3v) is 3.68. The SMILES string of the molecule is Cc1cc(C)cc(Nc2cc(C(=O)N3CCOCC3)ncn2)c1. The third kappa shape index (κ3) is 3.84. The lowest BCUT2D eigenvalue weighted by Gasteiger charge is -2.26. The Balaban J connectivity index is 1.77. The second-order valence-electron chi connectivity index (χ2n) is 5.69. The van der Waals surface area contributed by atoms with Crippen LogP contribution in [0.1, 0.15) is 21.6 Å². The lowest BCUT2D eigenvalue weighted by molar-refractivity contribution is 0.0299. The molecule has 1 aliphatic rings. The van der Waals surface area contributed by atoms with E-state index >= 15 is 0 Å². The molecule has 3 rings (SSSR count). The Morgan fingerprint density at radius 2 is 1.78 bits per heavy atom. The summed E-state index contributed by atoms with van der Waals surface area (Å²) in [4.78, 5) is 22.5. The minimum Gasteiger partial charge on any atom is -0.378 e. The van der Waals surface area contributed by atoms with Gasteiger partial charge >= 0.3 is 0 Å². The Morgan fingerprint density at radius 3 is 2.48 bits per heavy atom. The number of rotatable bonds is 3. The molecule has 0 unspecified atom stereocenters. The first-order valence-electron chi connectivity index (χ1n) is 7.66. The van der Waals surface area contributed by atoms with E-state index in [1.807, 2.05) is 26.0 Å². The number of ether oxygens (including phenoxy) is 1. The molecule has 23 heavy (non-hydrogen) atoms. The Hall–Kier alpha value is -2.47. The molecule has 2 heterocycles. The molecule has 1 saturated heterocycles. The zero-order chi connectivity index (χ0) is 16.2. The van der Waals surface area contributed by atoms with Crippen molar-refractivity contribution in [2.24, 2.45) is 0 Å². The number of hydrogen-bond donors (Lipinski definition) is 1. The van der Waals surface area contributed by atoms with Gasteiger partial charge in [0.2, 0.25) is 0 Å². The minimum atomic E-state index is -0.0841. The maximum absolute atomic E-state index is 12.5. The van der Waals surface area contributed by atoms with Crippen molar-refractivity contribution in [2.75, 3.05) is 31.6 Å². The van der Waals surface area contributed by atoms with Crippen LogP contribution in [0.15, 0.2) is 30.6 Å². The van der Waals surface area contributed by atoms with E-state index in [4.69, 9.17) is 4.74 Å². The van der Waals surface area contributed by atoms with E-state index in [2.05, 4.69) is 21.4 Å². The van der Waals surface area contributed by atoms with E-state index in [1.165, 1.54) is 17.5 Å². The fraction of sp³-hybridized carbons (Fsp3) is 0.353. The average Bonchev–Trinajstić information content (AvgIpc) is 2.54. The van der Waals surface area contributed by atoms with Gasteiger partial charge in [0.15, 0.2) is 0 Å². The molecule has 1 fully saturated rings. The summed E-state index contributed by atoms with van der Waals surface area (Å²) >= 11 is 0. The molecule has 0 radical (unpaired) electrons. The molecular weight excluding hydrogens is 292 g/mol. The average molecular weight is 312 g/mol. The van der Waals surface area contributed by atoms with Crippen molar-refractivity contribution in [2.45, 2.75) is 13.8 Å². The van der Waals surface area contributed by atoms with E-state index in [0.29, 0.717) is 37.8 Å². The smallest absolute Gasteiger partial charge is 0.272 e. The largest absolute Gasteiger partial charge is 0.378 e. The predicted molar refractivity (Wildman–Crippen MR) is 88.0 cm³/mol. The number of amides is 1. The molecule has 6 nitrogen and oxygen atoms in total. The second-order valence-corrected chi connectivity index (χ2v) is 5.69. The Labute approximate surface area is 135 Å². The summed E-state index contributed by atoms with van der Waals surface area (Å²) in [5.41, 5.74) is 3.69. The van der Waals surface area contributed by atoms with Crippen molar-refractivity contribution >= 4 is 17.4 Å². The molecule has 0 saturated carbocycles. The normalized spacial score (nSPS) is 14.6. The molecule has 1 amide bonds. The Kier molecular flexibility index (Phi) is 4.52. The van der Waals surface area contributed by atoms with Crippen molar-refractivity contribution in [1.82, 2.24) is 14.9 Å². The van der Waals surface area contributed by atoms with Crippen LogP contribution in [-0.2, 0) is 4.74 Å². The van der Waals surface area contributed by atoms with Gasteiger partial charge in [-0.2, -0.15) is 0 Å².